The molecule has 1 atom stereocenters. The van der Waals surface area contributed by atoms with Crippen molar-refractivity contribution in [1.29, 1.82) is 0 Å². The van der Waals surface area contributed by atoms with Crippen molar-refractivity contribution in [2.24, 2.45) is 10.9 Å². The SMILES string of the molecule is CC(C)(C)OC=O.CCc1ccccc1N=C1NC(=O)C(C2CCN(C)CC2)S1. The number of nitrogens with one attached hydrogen (secondary N) is 1. The van der Waals surface area contributed by atoms with Gasteiger partial charge in [-0.2, -0.15) is 0 Å². The molecule has 0 aromatic heterocycles. The summed E-state index contributed by atoms with van der Waals surface area (Å²) < 4.78 is 4.55. The zero-order chi connectivity index (χ0) is 21.4. The molecule has 3 rings (SSSR count). The number of rotatable bonds is 4. The summed E-state index contributed by atoms with van der Waals surface area (Å²) in [5.41, 5.74) is 1.87. The predicted molar refractivity (Wildman–Crippen MR) is 120 cm³/mol. The quantitative estimate of drug-likeness (QED) is 0.753. The molecule has 29 heavy (non-hydrogen) atoms. The van der Waals surface area contributed by atoms with E-state index in [1.807, 2.05) is 39.0 Å². The Morgan fingerprint density at radius 1 is 1.28 bits per heavy atom. The first-order chi connectivity index (χ1) is 13.7. The van der Waals surface area contributed by atoms with E-state index in [0.717, 1.165) is 43.2 Å². The highest BCUT2D eigenvalue weighted by Crippen LogP contribution is 2.34. The molecule has 2 aliphatic rings. The van der Waals surface area contributed by atoms with Crippen LogP contribution in [0.2, 0.25) is 0 Å². The summed E-state index contributed by atoms with van der Waals surface area (Å²) in [6, 6.07) is 8.13. The summed E-state index contributed by atoms with van der Waals surface area (Å²) in [6.45, 7) is 10.2. The Labute approximate surface area is 178 Å². The molecule has 1 aromatic carbocycles. The Morgan fingerprint density at radius 2 is 1.93 bits per heavy atom. The topological polar surface area (TPSA) is 71.0 Å². The maximum absolute atomic E-state index is 12.3. The van der Waals surface area contributed by atoms with Gasteiger partial charge in [-0.25, -0.2) is 4.99 Å². The van der Waals surface area contributed by atoms with Crippen LogP contribution in [-0.4, -0.2) is 53.4 Å². The standard InChI is InChI=1S/C17H23N3OS.C5H10O2/c1-3-12-6-4-5-7-14(12)18-17-19-16(21)15(22-17)13-8-10-20(2)11-9-13;1-5(2,3)7-4-6/h4-7,13,15H,3,8-11H2,1-2H3,(H,18,19,21);4H,1-3H3. The van der Waals surface area contributed by atoms with Crippen molar-refractivity contribution in [2.45, 2.75) is 57.8 Å². The van der Waals surface area contributed by atoms with Gasteiger partial charge in [-0.05, 0) is 77.7 Å². The van der Waals surface area contributed by atoms with Crippen LogP contribution in [0, 0.1) is 5.92 Å². The Bertz CT molecular complexity index is 722. The molecule has 1 N–H and O–H groups in total. The van der Waals surface area contributed by atoms with Crippen LogP contribution in [0.3, 0.4) is 0 Å². The van der Waals surface area contributed by atoms with E-state index < -0.39 is 0 Å². The zero-order valence-electron chi connectivity index (χ0n) is 18.1. The van der Waals surface area contributed by atoms with Gasteiger partial charge in [0.2, 0.25) is 5.91 Å². The number of likely N-dealkylation sites (tertiary alicyclic amines) is 1. The molecule has 1 unspecified atom stereocenters. The molecule has 1 aromatic rings. The number of amidine groups is 1. The van der Waals surface area contributed by atoms with Crippen LogP contribution in [0.1, 0.15) is 46.1 Å². The van der Waals surface area contributed by atoms with Gasteiger partial charge >= 0.3 is 0 Å². The van der Waals surface area contributed by atoms with Gasteiger partial charge in [0.1, 0.15) is 5.60 Å². The normalized spacial score (nSPS) is 22.0. The molecule has 0 radical (unpaired) electrons. The van der Waals surface area contributed by atoms with Gasteiger partial charge in [0.05, 0.1) is 10.9 Å². The van der Waals surface area contributed by atoms with Crippen molar-refractivity contribution in [2.75, 3.05) is 20.1 Å². The monoisotopic (exact) mass is 419 g/mol. The van der Waals surface area contributed by atoms with Crippen LogP contribution in [-0.2, 0) is 20.7 Å². The Balaban J connectivity index is 0.000000370. The number of hydrogen-bond donors (Lipinski definition) is 1. The first-order valence-corrected chi connectivity index (χ1v) is 11.1. The molecule has 0 bridgehead atoms. The summed E-state index contributed by atoms with van der Waals surface area (Å²) in [4.78, 5) is 28.9. The molecule has 2 heterocycles. The molecule has 0 saturated carbocycles. The van der Waals surface area contributed by atoms with Crippen molar-refractivity contribution < 1.29 is 14.3 Å². The number of thioether (sulfide) groups is 1. The van der Waals surface area contributed by atoms with E-state index in [-0.39, 0.29) is 16.8 Å². The molecule has 2 saturated heterocycles. The van der Waals surface area contributed by atoms with E-state index in [1.54, 1.807) is 11.8 Å². The van der Waals surface area contributed by atoms with E-state index in [4.69, 9.17) is 0 Å². The maximum Gasteiger partial charge on any atom is 0.293 e. The number of aryl methyl sites for hydroxylation is 1. The Hall–Kier alpha value is -1.86. The highest BCUT2D eigenvalue weighted by molar-refractivity contribution is 8.15. The predicted octanol–water partition coefficient (Wildman–Crippen LogP) is 3.77. The van der Waals surface area contributed by atoms with Gasteiger partial charge in [0, 0.05) is 0 Å². The number of hydrogen-bond acceptors (Lipinski definition) is 6. The van der Waals surface area contributed by atoms with Crippen molar-refractivity contribution >= 4 is 35.0 Å². The van der Waals surface area contributed by atoms with Gasteiger partial charge in [-0.1, -0.05) is 36.9 Å². The first-order valence-electron chi connectivity index (χ1n) is 10.2. The lowest BCUT2D eigenvalue weighted by Gasteiger charge is -2.30. The summed E-state index contributed by atoms with van der Waals surface area (Å²) in [7, 11) is 2.15. The number of nitrogens with zero attached hydrogens (tertiary/aromatic N) is 2. The summed E-state index contributed by atoms with van der Waals surface area (Å²) in [5.74, 6) is 0.600. The van der Waals surface area contributed by atoms with E-state index in [0.29, 0.717) is 12.4 Å². The molecule has 6 nitrogen and oxygen atoms in total. The van der Waals surface area contributed by atoms with Crippen LogP contribution in [0.25, 0.3) is 0 Å². The number of para-hydroxylation sites is 1. The zero-order valence-corrected chi connectivity index (χ0v) is 18.9. The summed E-state index contributed by atoms with van der Waals surface area (Å²) in [5, 5.41) is 3.76. The van der Waals surface area contributed by atoms with Gasteiger partial charge in [-0.15, -0.1) is 0 Å². The minimum Gasteiger partial charge on any atom is -0.462 e. The van der Waals surface area contributed by atoms with E-state index >= 15 is 0 Å². The number of carbonyl (C=O) groups excluding carboxylic acids is 2. The van der Waals surface area contributed by atoms with Crippen LogP contribution < -0.4 is 5.32 Å². The van der Waals surface area contributed by atoms with Crippen LogP contribution in [0.5, 0.6) is 0 Å². The third-order valence-electron chi connectivity index (χ3n) is 4.91. The number of amides is 1. The third kappa shape index (κ3) is 7.48. The fraction of sp³-hybridized carbons (Fsp3) is 0.591. The second-order valence-electron chi connectivity index (χ2n) is 8.39. The van der Waals surface area contributed by atoms with E-state index in [1.165, 1.54) is 5.56 Å². The fourth-order valence-corrected chi connectivity index (χ4v) is 4.43. The molecule has 160 valence electrons. The number of carbonyl (C=O) groups is 2. The molecule has 0 spiro atoms. The number of ether oxygens (including phenoxy) is 1. The second kappa shape index (κ2) is 10.8. The average molecular weight is 420 g/mol. The smallest absolute Gasteiger partial charge is 0.293 e. The van der Waals surface area contributed by atoms with Crippen molar-refractivity contribution in [3.63, 3.8) is 0 Å². The lowest BCUT2D eigenvalue weighted by molar-refractivity contribution is -0.138. The van der Waals surface area contributed by atoms with Gasteiger partial charge < -0.3 is 15.0 Å². The largest absolute Gasteiger partial charge is 0.462 e. The average Bonchev–Trinajstić information content (AvgIpc) is 3.02. The van der Waals surface area contributed by atoms with Crippen LogP contribution in [0.4, 0.5) is 5.69 Å². The molecule has 1 amide bonds. The van der Waals surface area contributed by atoms with E-state index in [9.17, 15) is 9.59 Å². The molecular weight excluding hydrogens is 386 g/mol. The highest BCUT2D eigenvalue weighted by Gasteiger charge is 2.37. The number of aliphatic imine (C=N–C) groups is 1. The second-order valence-corrected chi connectivity index (χ2v) is 9.52. The molecule has 2 fully saturated rings. The van der Waals surface area contributed by atoms with Crippen LogP contribution >= 0.6 is 11.8 Å². The lowest BCUT2D eigenvalue weighted by Crippen LogP contribution is -2.37. The fourth-order valence-electron chi connectivity index (χ4n) is 3.25. The number of piperidine rings is 1. The molecular formula is C22H33N3O3S. The van der Waals surface area contributed by atoms with Crippen molar-refractivity contribution in [3.05, 3.63) is 29.8 Å². The van der Waals surface area contributed by atoms with Gasteiger partial charge in [0.25, 0.3) is 6.47 Å². The minimum atomic E-state index is -0.318. The molecule has 7 heteroatoms. The maximum atomic E-state index is 12.3. The summed E-state index contributed by atoms with van der Waals surface area (Å²) >= 11 is 1.61. The number of benzene rings is 1. The lowest BCUT2D eigenvalue weighted by atomic mass is 9.93. The highest BCUT2D eigenvalue weighted by atomic mass is 32.2. The molecule has 0 aliphatic carbocycles. The van der Waals surface area contributed by atoms with Crippen molar-refractivity contribution in [3.8, 4) is 0 Å². The van der Waals surface area contributed by atoms with Crippen LogP contribution in [0.15, 0.2) is 29.3 Å². The Morgan fingerprint density at radius 3 is 2.48 bits per heavy atom. The van der Waals surface area contributed by atoms with Gasteiger partial charge in [0.15, 0.2) is 5.17 Å². The first kappa shape index (κ1) is 23.4. The summed E-state index contributed by atoms with van der Waals surface area (Å²) in [6.07, 6.45) is 3.14. The van der Waals surface area contributed by atoms with Gasteiger partial charge in [-0.3, -0.25) is 9.59 Å². The van der Waals surface area contributed by atoms with Crippen molar-refractivity contribution in [1.82, 2.24) is 10.2 Å². The minimum absolute atomic E-state index is 0.0289. The van der Waals surface area contributed by atoms with E-state index in [2.05, 4.69) is 40.0 Å². The third-order valence-corrected chi connectivity index (χ3v) is 6.18. The molecule has 2 aliphatic heterocycles. The Kier molecular flexibility index (Phi) is 8.71.